The van der Waals surface area contributed by atoms with E-state index in [4.69, 9.17) is 4.52 Å². The van der Waals surface area contributed by atoms with Crippen molar-refractivity contribution in [2.45, 2.75) is 4.90 Å². The van der Waals surface area contributed by atoms with E-state index in [-0.39, 0.29) is 5.88 Å². The van der Waals surface area contributed by atoms with E-state index in [0.29, 0.717) is 5.69 Å². The van der Waals surface area contributed by atoms with Gasteiger partial charge in [-0.1, -0.05) is 17.3 Å². The molecule has 0 atom stereocenters. The van der Waals surface area contributed by atoms with Gasteiger partial charge in [-0.05, 0) is 23.6 Å². The lowest BCUT2D eigenvalue weighted by Crippen LogP contribution is -2.13. The quantitative estimate of drug-likeness (QED) is 0.799. The van der Waals surface area contributed by atoms with Crippen LogP contribution in [0.5, 0.6) is 0 Å². The van der Waals surface area contributed by atoms with Gasteiger partial charge in [0.25, 0.3) is 10.0 Å². The Morgan fingerprint density at radius 1 is 1.24 bits per heavy atom. The van der Waals surface area contributed by atoms with Gasteiger partial charge in [0.2, 0.25) is 5.88 Å². The Labute approximate surface area is 124 Å². The summed E-state index contributed by atoms with van der Waals surface area (Å²) in [6.45, 7) is 0. The Morgan fingerprint density at radius 2 is 2.05 bits per heavy atom. The highest BCUT2D eigenvalue weighted by atomic mass is 32.2. The number of aromatic nitrogens is 1. The van der Waals surface area contributed by atoms with Gasteiger partial charge in [-0.2, -0.15) is 11.3 Å². The zero-order valence-electron chi connectivity index (χ0n) is 10.5. The number of nitrogens with one attached hydrogen (secondary N) is 1. The summed E-state index contributed by atoms with van der Waals surface area (Å²) < 4.78 is 44.8. The first kappa shape index (κ1) is 13.8. The molecular weight excluding hydrogens is 315 g/mol. The Balaban J connectivity index is 1.88. The average Bonchev–Trinajstić information content (AvgIpc) is 3.09. The molecule has 0 aliphatic heterocycles. The van der Waals surface area contributed by atoms with E-state index in [0.717, 1.165) is 11.6 Å². The van der Waals surface area contributed by atoms with Crippen LogP contribution in [0.4, 0.5) is 10.3 Å². The highest BCUT2D eigenvalue weighted by Crippen LogP contribution is 2.25. The maximum absolute atomic E-state index is 13.6. The van der Waals surface area contributed by atoms with Crippen molar-refractivity contribution >= 4 is 27.2 Å². The van der Waals surface area contributed by atoms with Gasteiger partial charge < -0.3 is 4.52 Å². The molecule has 0 unspecified atom stereocenters. The minimum Gasteiger partial charge on any atom is -0.337 e. The summed E-state index contributed by atoms with van der Waals surface area (Å²) in [5, 5.41) is 7.49. The molecule has 0 radical (unpaired) electrons. The second-order valence-electron chi connectivity index (χ2n) is 4.12. The summed E-state index contributed by atoms with van der Waals surface area (Å²) in [6.07, 6.45) is 0. The molecule has 0 aliphatic carbocycles. The number of thiophene rings is 1. The van der Waals surface area contributed by atoms with Crippen LogP contribution in [-0.4, -0.2) is 13.6 Å². The predicted octanol–water partition coefficient (Wildman–Crippen LogP) is 3.34. The molecule has 0 saturated heterocycles. The minimum atomic E-state index is -4.06. The molecule has 108 valence electrons. The lowest BCUT2D eigenvalue weighted by Gasteiger charge is -2.04. The van der Waals surface area contributed by atoms with Gasteiger partial charge in [0.15, 0.2) is 0 Å². The smallest absolute Gasteiger partial charge is 0.267 e. The van der Waals surface area contributed by atoms with Crippen molar-refractivity contribution in [3.05, 3.63) is 53.0 Å². The van der Waals surface area contributed by atoms with Crippen molar-refractivity contribution in [1.29, 1.82) is 0 Å². The molecule has 2 aromatic heterocycles. The number of sulfonamides is 1. The summed E-state index contributed by atoms with van der Waals surface area (Å²) in [5.74, 6) is -0.901. The Bertz CT molecular complexity index is 857. The molecule has 0 amide bonds. The molecule has 21 heavy (non-hydrogen) atoms. The van der Waals surface area contributed by atoms with Gasteiger partial charge in [-0.3, -0.25) is 0 Å². The summed E-state index contributed by atoms with van der Waals surface area (Å²) in [4.78, 5) is -0.446. The van der Waals surface area contributed by atoms with Crippen molar-refractivity contribution in [2.75, 3.05) is 4.72 Å². The Hall–Kier alpha value is -2.19. The fourth-order valence-electron chi connectivity index (χ4n) is 1.72. The van der Waals surface area contributed by atoms with E-state index in [9.17, 15) is 12.8 Å². The van der Waals surface area contributed by atoms with E-state index in [2.05, 4.69) is 9.88 Å². The molecule has 2 heterocycles. The number of rotatable bonds is 4. The monoisotopic (exact) mass is 324 g/mol. The summed E-state index contributed by atoms with van der Waals surface area (Å²) in [7, 11) is -4.06. The highest BCUT2D eigenvalue weighted by Gasteiger charge is 2.20. The van der Waals surface area contributed by atoms with Crippen LogP contribution in [0.3, 0.4) is 0 Å². The molecule has 1 aromatic carbocycles. The number of halogens is 1. The van der Waals surface area contributed by atoms with E-state index in [1.165, 1.54) is 35.6 Å². The molecular formula is C13H9FN2O3S2. The molecule has 0 bridgehead atoms. The highest BCUT2D eigenvalue weighted by molar-refractivity contribution is 7.92. The van der Waals surface area contributed by atoms with Crippen LogP contribution < -0.4 is 4.72 Å². The normalized spacial score (nSPS) is 11.5. The van der Waals surface area contributed by atoms with E-state index in [1.54, 1.807) is 0 Å². The SMILES string of the molecule is O=S(=O)(Nc1cc(-c2ccsc2)no1)c1ccccc1F. The lowest BCUT2D eigenvalue weighted by atomic mass is 10.2. The molecule has 3 rings (SSSR count). The maximum atomic E-state index is 13.6. The van der Waals surface area contributed by atoms with Crippen molar-refractivity contribution in [2.24, 2.45) is 0 Å². The van der Waals surface area contributed by atoms with Gasteiger partial charge in [-0.15, -0.1) is 0 Å². The van der Waals surface area contributed by atoms with Crippen molar-refractivity contribution in [3.63, 3.8) is 0 Å². The average molecular weight is 324 g/mol. The topological polar surface area (TPSA) is 72.2 Å². The summed E-state index contributed by atoms with van der Waals surface area (Å²) in [5.41, 5.74) is 1.32. The maximum Gasteiger partial charge on any atom is 0.267 e. The van der Waals surface area contributed by atoms with Gasteiger partial charge in [-0.25, -0.2) is 17.5 Å². The summed E-state index contributed by atoms with van der Waals surface area (Å²) in [6, 6.07) is 8.38. The Kier molecular flexibility index (Phi) is 3.48. The van der Waals surface area contributed by atoms with Gasteiger partial charge >= 0.3 is 0 Å². The second kappa shape index (κ2) is 5.30. The van der Waals surface area contributed by atoms with Crippen LogP contribution in [0.15, 0.2) is 56.6 Å². The van der Waals surface area contributed by atoms with Gasteiger partial charge in [0.05, 0.1) is 0 Å². The van der Waals surface area contributed by atoms with Crippen molar-refractivity contribution in [1.82, 2.24) is 5.16 Å². The number of nitrogens with zero attached hydrogens (tertiary/aromatic N) is 1. The van der Waals surface area contributed by atoms with Crippen LogP contribution >= 0.6 is 11.3 Å². The molecule has 3 aromatic rings. The first-order chi connectivity index (χ1) is 10.1. The zero-order chi connectivity index (χ0) is 14.9. The fourth-order valence-corrected chi connectivity index (χ4v) is 3.42. The Morgan fingerprint density at radius 3 is 2.76 bits per heavy atom. The van der Waals surface area contributed by atoms with E-state index >= 15 is 0 Å². The number of hydrogen-bond donors (Lipinski definition) is 1. The number of anilines is 1. The van der Waals surface area contributed by atoms with Gasteiger partial charge in [0, 0.05) is 17.0 Å². The molecule has 0 fully saturated rings. The lowest BCUT2D eigenvalue weighted by molar-refractivity contribution is 0.438. The largest absolute Gasteiger partial charge is 0.337 e. The second-order valence-corrected chi connectivity index (χ2v) is 6.56. The number of hydrogen-bond acceptors (Lipinski definition) is 5. The molecule has 0 saturated carbocycles. The summed E-state index contributed by atoms with van der Waals surface area (Å²) >= 11 is 1.49. The zero-order valence-corrected chi connectivity index (χ0v) is 12.1. The van der Waals surface area contributed by atoms with Crippen LogP contribution in [-0.2, 0) is 10.0 Å². The van der Waals surface area contributed by atoms with Crippen molar-refractivity contribution < 1.29 is 17.3 Å². The van der Waals surface area contributed by atoms with Gasteiger partial charge in [0.1, 0.15) is 16.4 Å². The molecule has 0 spiro atoms. The third kappa shape index (κ3) is 2.81. The van der Waals surface area contributed by atoms with Crippen LogP contribution in [0.25, 0.3) is 11.3 Å². The van der Waals surface area contributed by atoms with Crippen LogP contribution in [0.1, 0.15) is 0 Å². The molecule has 8 heteroatoms. The van der Waals surface area contributed by atoms with Crippen LogP contribution in [0.2, 0.25) is 0 Å². The number of benzene rings is 1. The van der Waals surface area contributed by atoms with E-state index in [1.807, 2.05) is 16.8 Å². The van der Waals surface area contributed by atoms with Crippen molar-refractivity contribution in [3.8, 4) is 11.3 Å². The molecule has 5 nitrogen and oxygen atoms in total. The first-order valence-electron chi connectivity index (χ1n) is 5.83. The third-order valence-electron chi connectivity index (χ3n) is 2.69. The third-order valence-corrected chi connectivity index (χ3v) is 4.75. The molecule has 1 N–H and O–H groups in total. The fraction of sp³-hybridized carbons (Fsp3) is 0. The predicted molar refractivity (Wildman–Crippen MR) is 77.0 cm³/mol. The minimum absolute atomic E-state index is 0.0700. The first-order valence-corrected chi connectivity index (χ1v) is 8.25. The van der Waals surface area contributed by atoms with Crippen LogP contribution in [0, 0.1) is 5.82 Å². The molecule has 0 aliphatic rings. The van der Waals surface area contributed by atoms with E-state index < -0.39 is 20.7 Å². The standard InChI is InChI=1S/C13H9FN2O3S2/c14-10-3-1-2-4-12(10)21(17,18)16-13-7-11(15-19-13)9-5-6-20-8-9/h1-8,16H.